The maximum Gasteiger partial charge on any atom is 0.252 e. The highest BCUT2D eigenvalue weighted by atomic mass is 19.1. The van der Waals surface area contributed by atoms with Gasteiger partial charge in [-0.1, -0.05) is 19.9 Å². The van der Waals surface area contributed by atoms with E-state index in [2.05, 4.69) is 37.5 Å². The largest absolute Gasteiger partial charge is 0.381 e. The molecule has 5 saturated heterocycles. The van der Waals surface area contributed by atoms with Gasteiger partial charge in [0, 0.05) is 95.7 Å². The smallest absolute Gasteiger partial charge is 0.252 e. The minimum atomic E-state index is -0.728. The molecule has 0 aromatic heterocycles. The van der Waals surface area contributed by atoms with Crippen molar-refractivity contribution in [2.24, 2.45) is 11.3 Å². The summed E-state index contributed by atoms with van der Waals surface area (Å²) in [5.41, 5.74) is 0.537. The van der Waals surface area contributed by atoms with Crippen LogP contribution in [-0.4, -0.2) is 144 Å². The molecule has 10 nitrogen and oxygen atoms in total. The van der Waals surface area contributed by atoms with E-state index >= 15 is 9.18 Å². The summed E-state index contributed by atoms with van der Waals surface area (Å²) in [4.78, 5) is 54.7. The van der Waals surface area contributed by atoms with Crippen LogP contribution in [0.15, 0.2) is 18.2 Å². The highest BCUT2D eigenvalue weighted by Gasteiger charge is 2.52. The zero-order valence-corrected chi connectivity index (χ0v) is 32.3. The van der Waals surface area contributed by atoms with Crippen LogP contribution in [0.1, 0.15) is 97.0 Å². The summed E-state index contributed by atoms with van der Waals surface area (Å²) in [5.74, 6) is -2.68. The third-order valence-corrected chi connectivity index (χ3v) is 13.5. The van der Waals surface area contributed by atoms with E-state index in [1.807, 2.05) is 9.80 Å². The summed E-state index contributed by atoms with van der Waals surface area (Å²) >= 11 is 0. The number of likely N-dealkylation sites (tertiary alicyclic amines) is 2. The minimum Gasteiger partial charge on any atom is -0.381 e. The van der Waals surface area contributed by atoms with Gasteiger partial charge in [0.1, 0.15) is 23.8 Å². The fraction of sp³-hybridized carbons (Fsp3) is 0.780. The Morgan fingerprint density at radius 1 is 0.868 bits per heavy atom. The Morgan fingerprint density at radius 3 is 2.23 bits per heavy atom. The quantitative estimate of drug-likeness (QED) is 0.384. The normalized spacial score (nSPS) is 30.7. The van der Waals surface area contributed by atoms with Crippen LogP contribution in [0.2, 0.25) is 0 Å². The van der Waals surface area contributed by atoms with E-state index in [1.165, 1.54) is 12.1 Å². The predicted molar refractivity (Wildman–Crippen MR) is 197 cm³/mol. The van der Waals surface area contributed by atoms with E-state index in [0.717, 1.165) is 64.1 Å². The number of nitrogens with zero attached hydrogens (tertiary/aromatic N) is 5. The molecule has 0 bridgehead atoms. The van der Waals surface area contributed by atoms with E-state index in [1.54, 1.807) is 4.90 Å². The summed E-state index contributed by atoms with van der Waals surface area (Å²) in [6.45, 7) is 14.6. The molecule has 6 aliphatic rings. The van der Waals surface area contributed by atoms with Gasteiger partial charge in [-0.3, -0.25) is 24.2 Å². The third kappa shape index (κ3) is 8.31. The zero-order valence-electron chi connectivity index (χ0n) is 32.3. The van der Waals surface area contributed by atoms with Gasteiger partial charge in [-0.2, -0.15) is 0 Å². The second-order valence-corrected chi connectivity index (χ2v) is 17.7. The van der Waals surface area contributed by atoms with Gasteiger partial charge in [-0.15, -0.1) is 0 Å². The molecule has 0 spiro atoms. The lowest BCUT2D eigenvalue weighted by Gasteiger charge is -2.43. The van der Waals surface area contributed by atoms with Crippen molar-refractivity contribution in [1.82, 2.24) is 24.5 Å². The van der Waals surface area contributed by atoms with Crippen LogP contribution in [0.25, 0.3) is 0 Å². The Balaban J connectivity index is 1.21. The van der Waals surface area contributed by atoms with Crippen molar-refractivity contribution in [1.29, 1.82) is 0 Å². The fourth-order valence-corrected chi connectivity index (χ4v) is 10.2. The first-order chi connectivity index (χ1) is 25.4. The summed E-state index contributed by atoms with van der Waals surface area (Å²) in [5, 5.41) is 0. The first kappa shape index (κ1) is 38.6. The molecule has 6 fully saturated rings. The lowest BCUT2D eigenvalue weighted by atomic mass is 9.75. The summed E-state index contributed by atoms with van der Waals surface area (Å²) in [6.07, 6.45) is 6.80. The Labute approximate surface area is 314 Å². The van der Waals surface area contributed by atoms with Gasteiger partial charge >= 0.3 is 0 Å². The molecule has 1 saturated carbocycles. The topological polar surface area (TPSA) is 85.9 Å². The lowest BCUT2D eigenvalue weighted by Crippen LogP contribution is -2.56. The van der Waals surface area contributed by atoms with E-state index in [-0.39, 0.29) is 47.8 Å². The molecule has 3 amide bonds. The molecule has 5 aliphatic heterocycles. The number of halogens is 2. The zero-order chi connectivity index (χ0) is 37.4. The lowest BCUT2D eigenvalue weighted by molar-refractivity contribution is -0.148. The summed E-state index contributed by atoms with van der Waals surface area (Å²) < 4.78 is 41.3. The number of rotatable bonds is 8. The standard InChI is InChI=1S/C41H61F2N5O5/c1-27(2)44-15-17-45(18-16-44)39(50)36-23-31(48(40(51)37-6-5-19-53-37)30-9-13-41(3,4)14-10-30)24-47(36)38(49)34-26-46(29-11-20-52-21-12-29)25-33(34)32-8-7-28(42)22-35(32)43/h7-8,22,27,29-31,33-34,36-37H,5-6,9-21,23-26H2,1-4H3/t31-,33-,34+,36+,37?/m0/s1. The molecule has 12 heteroatoms. The molecule has 1 aromatic carbocycles. The van der Waals surface area contributed by atoms with Crippen LogP contribution in [0, 0.1) is 23.0 Å². The van der Waals surface area contributed by atoms with E-state index in [9.17, 15) is 14.0 Å². The van der Waals surface area contributed by atoms with Crippen LogP contribution in [-0.2, 0) is 23.9 Å². The Bertz CT molecular complexity index is 1460. The number of ether oxygens (including phenoxy) is 2. The second-order valence-electron chi connectivity index (χ2n) is 17.7. The van der Waals surface area contributed by atoms with Crippen molar-refractivity contribution in [3.05, 3.63) is 35.4 Å². The first-order valence-electron chi connectivity index (χ1n) is 20.4. The third-order valence-electron chi connectivity index (χ3n) is 13.5. The van der Waals surface area contributed by atoms with Crippen molar-refractivity contribution in [2.75, 3.05) is 65.6 Å². The van der Waals surface area contributed by atoms with Crippen LogP contribution in [0.5, 0.6) is 0 Å². The molecule has 294 valence electrons. The number of hydrogen-bond acceptors (Lipinski definition) is 7. The maximum atomic E-state index is 15.6. The number of carbonyl (C=O) groups is 3. The molecule has 53 heavy (non-hydrogen) atoms. The van der Waals surface area contributed by atoms with Crippen molar-refractivity contribution in [2.45, 2.75) is 128 Å². The number of benzene rings is 1. The average molecular weight is 742 g/mol. The summed E-state index contributed by atoms with van der Waals surface area (Å²) in [7, 11) is 0. The highest BCUT2D eigenvalue weighted by molar-refractivity contribution is 5.91. The van der Waals surface area contributed by atoms with E-state index < -0.39 is 35.6 Å². The molecular formula is C41H61F2N5O5. The van der Waals surface area contributed by atoms with Gasteiger partial charge in [-0.05, 0) is 88.7 Å². The van der Waals surface area contributed by atoms with Gasteiger partial charge < -0.3 is 24.2 Å². The minimum absolute atomic E-state index is 0.0129. The van der Waals surface area contributed by atoms with Crippen molar-refractivity contribution in [3.63, 3.8) is 0 Å². The SMILES string of the molecule is CC(C)N1CCN(C(=O)[C@H]2C[C@H](N(C(=O)C3CCCO3)C3CCC(C)(C)CC3)CN2C(=O)[C@@H]2CN(C3CCOCC3)C[C@H]2c2ccc(F)cc2F)CC1. The molecule has 7 rings (SSSR count). The van der Waals surface area contributed by atoms with Crippen molar-refractivity contribution < 1.29 is 32.6 Å². The fourth-order valence-electron chi connectivity index (χ4n) is 10.2. The molecule has 0 radical (unpaired) electrons. The molecule has 5 heterocycles. The van der Waals surface area contributed by atoms with Crippen LogP contribution >= 0.6 is 0 Å². The summed E-state index contributed by atoms with van der Waals surface area (Å²) in [6, 6.07) is 3.19. The second kappa shape index (κ2) is 16.2. The van der Waals surface area contributed by atoms with Crippen molar-refractivity contribution >= 4 is 17.7 Å². The molecule has 1 aromatic rings. The average Bonchev–Trinajstić information content (AvgIpc) is 3.93. The predicted octanol–water partition coefficient (Wildman–Crippen LogP) is 4.66. The molecule has 0 N–H and O–H groups in total. The molecule has 5 atom stereocenters. The first-order valence-corrected chi connectivity index (χ1v) is 20.4. The highest BCUT2D eigenvalue weighted by Crippen LogP contribution is 2.42. The Hall–Kier alpha value is -2.67. The Kier molecular flexibility index (Phi) is 11.8. The van der Waals surface area contributed by atoms with Gasteiger partial charge in [0.05, 0.1) is 12.0 Å². The van der Waals surface area contributed by atoms with Crippen LogP contribution in [0.3, 0.4) is 0 Å². The van der Waals surface area contributed by atoms with E-state index in [4.69, 9.17) is 9.47 Å². The van der Waals surface area contributed by atoms with E-state index in [0.29, 0.717) is 70.4 Å². The van der Waals surface area contributed by atoms with Gasteiger partial charge in [0.15, 0.2) is 0 Å². The molecular weight excluding hydrogens is 680 g/mol. The Morgan fingerprint density at radius 2 is 1.58 bits per heavy atom. The van der Waals surface area contributed by atoms with Crippen LogP contribution < -0.4 is 0 Å². The monoisotopic (exact) mass is 741 g/mol. The maximum absolute atomic E-state index is 15.6. The number of carbonyl (C=O) groups excluding carboxylic acids is 3. The van der Waals surface area contributed by atoms with Gasteiger partial charge in [0.25, 0.3) is 5.91 Å². The number of amides is 3. The molecule has 1 unspecified atom stereocenters. The van der Waals surface area contributed by atoms with Gasteiger partial charge in [0.2, 0.25) is 11.8 Å². The van der Waals surface area contributed by atoms with Crippen molar-refractivity contribution in [3.8, 4) is 0 Å². The number of hydrogen-bond donors (Lipinski definition) is 0. The van der Waals surface area contributed by atoms with Gasteiger partial charge in [-0.25, -0.2) is 8.78 Å². The molecule has 1 aliphatic carbocycles. The number of piperazine rings is 1. The van der Waals surface area contributed by atoms with Crippen LogP contribution in [0.4, 0.5) is 8.78 Å².